The van der Waals surface area contributed by atoms with Gasteiger partial charge < -0.3 is 15.6 Å². The second kappa shape index (κ2) is 10.0. The molecule has 5 N–H and O–H groups in total. The van der Waals surface area contributed by atoms with Gasteiger partial charge in [-0.15, -0.1) is 0 Å². The van der Waals surface area contributed by atoms with Gasteiger partial charge in [0.05, 0.1) is 10.6 Å². The molecule has 11 heteroatoms. The molecule has 0 radical (unpaired) electrons. The number of nitrogens with two attached hydrogens (primary N) is 2. The lowest BCUT2D eigenvalue weighted by molar-refractivity contribution is -0.201. The Balaban J connectivity index is 2.18. The number of benzene rings is 2. The second-order valence-electron chi connectivity index (χ2n) is 9.11. The van der Waals surface area contributed by atoms with Crippen molar-refractivity contribution in [1.82, 2.24) is 4.98 Å². The highest BCUT2D eigenvalue weighted by Crippen LogP contribution is 2.38. The fourth-order valence-electron chi connectivity index (χ4n) is 3.10. The topological polar surface area (TPSA) is 132 Å². The van der Waals surface area contributed by atoms with Crippen molar-refractivity contribution in [1.29, 1.82) is 0 Å². The van der Waals surface area contributed by atoms with Crippen molar-refractivity contribution in [3.8, 4) is 16.9 Å². The zero-order chi connectivity index (χ0) is 27.0. The Morgan fingerprint density at radius 1 is 1.11 bits per heavy atom. The fourth-order valence-corrected chi connectivity index (χ4v) is 3.57. The summed E-state index contributed by atoms with van der Waals surface area (Å²) >= 11 is 12.4. The Bertz CT molecular complexity index is 1320. The number of anilines is 1. The van der Waals surface area contributed by atoms with Gasteiger partial charge in [-0.2, -0.15) is 0 Å². The van der Waals surface area contributed by atoms with Gasteiger partial charge in [0.1, 0.15) is 5.82 Å². The van der Waals surface area contributed by atoms with Gasteiger partial charge in [-0.3, -0.25) is 20.2 Å². The van der Waals surface area contributed by atoms with E-state index < -0.39 is 29.0 Å². The number of nitrogens with zero attached hydrogens (tertiary/aromatic N) is 2. The molecule has 0 aliphatic heterocycles. The molecular formula is C25H25Cl2FN4O4. The number of hydrogen-bond donors (Lipinski definition) is 3. The van der Waals surface area contributed by atoms with Crippen LogP contribution >= 0.6 is 23.2 Å². The van der Waals surface area contributed by atoms with E-state index in [9.17, 15) is 19.1 Å². The maximum absolute atomic E-state index is 14.4. The quantitative estimate of drug-likeness (QED) is 0.396. The van der Waals surface area contributed by atoms with Crippen LogP contribution in [0.4, 0.5) is 10.2 Å². The predicted octanol–water partition coefficient (Wildman–Crippen LogP) is 4.60. The van der Waals surface area contributed by atoms with Gasteiger partial charge >= 0.3 is 0 Å². The molecule has 36 heavy (non-hydrogen) atoms. The monoisotopic (exact) mass is 534 g/mol. The SMILES string of the molecule is CN(C(=O)c1c(F)cccc1Cl)c1ncc(-c2cc(C(N)=O)ccc2Cl)cc1OC(N)(O)C(C)(C)C. The van der Waals surface area contributed by atoms with E-state index in [1.54, 1.807) is 20.8 Å². The van der Waals surface area contributed by atoms with Crippen LogP contribution in [0.3, 0.4) is 0 Å². The third-order valence-electron chi connectivity index (χ3n) is 5.53. The van der Waals surface area contributed by atoms with Crippen LogP contribution in [-0.2, 0) is 0 Å². The summed E-state index contributed by atoms with van der Waals surface area (Å²) in [5, 5.41) is 11.0. The third-order valence-corrected chi connectivity index (χ3v) is 6.18. The van der Waals surface area contributed by atoms with E-state index >= 15 is 0 Å². The lowest BCUT2D eigenvalue weighted by Gasteiger charge is -2.37. The Morgan fingerprint density at radius 2 is 1.78 bits per heavy atom. The Kier molecular flexibility index (Phi) is 7.61. The molecule has 1 aromatic heterocycles. The zero-order valence-corrected chi connectivity index (χ0v) is 21.5. The molecule has 2 amide bonds. The number of carbonyl (C=O) groups excluding carboxylic acids is 2. The summed E-state index contributed by atoms with van der Waals surface area (Å²) in [5.74, 6) is -4.70. The van der Waals surface area contributed by atoms with E-state index in [2.05, 4.69) is 4.98 Å². The molecule has 1 unspecified atom stereocenters. The minimum atomic E-state index is -2.21. The first-order valence-electron chi connectivity index (χ1n) is 10.7. The Morgan fingerprint density at radius 3 is 2.36 bits per heavy atom. The van der Waals surface area contributed by atoms with E-state index in [0.717, 1.165) is 11.0 Å². The van der Waals surface area contributed by atoms with Crippen LogP contribution in [0, 0.1) is 11.2 Å². The zero-order valence-electron chi connectivity index (χ0n) is 20.0. The van der Waals surface area contributed by atoms with Gasteiger partial charge in [0.15, 0.2) is 11.6 Å². The molecule has 1 atom stereocenters. The smallest absolute Gasteiger partial charge is 0.270 e. The second-order valence-corrected chi connectivity index (χ2v) is 9.93. The Hall–Kier alpha value is -3.24. The number of primary amides is 1. The standard InChI is InChI=1S/C25H25Cl2FN4O4/c1-24(2,3)25(30,35)36-19-11-14(15-10-13(21(29)33)8-9-16(15)26)12-31-22(19)32(4)23(34)20-17(27)6-5-7-18(20)28/h5-12,35H,30H2,1-4H3,(H2,29,33). The molecule has 1 heterocycles. The molecule has 8 nitrogen and oxygen atoms in total. The number of ether oxygens (including phenoxy) is 1. The van der Waals surface area contributed by atoms with Crippen LogP contribution in [0.1, 0.15) is 41.5 Å². The summed E-state index contributed by atoms with van der Waals surface area (Å²) in [5.41, 5.74) is 11.1. The third kappa shape index (κ3) is 5.44. The molecule has 0 spiro atoms. The molecule has 0 fully saturated rings. The lowest BCUT2D eigenvalue weighted by atomic mass is 9.91. The number of halogens is 3. The number of aromatic nitrogens is 1. The normalized spacial score (nSPS) is 13.1. The summed E-state index contributed by atoms with van der Waals surface area (Å²) in [6.45, 7) is 4.93. The van der Waals surface area contributed by atoms with Crippen molar-refractivity contribution in [3.05, 3.63) is 75.7 Å². The molecule has 0 saturated heterocycles. The van der Waals surface area contributed by atoms with Crippen LogP contribution in [0.2, 0.25) is 10.0 Å². The molecule has 0 aliphatic carbocycles. The number of carbonyl (C=O) groups is 2. The molecular weight excluding hydrogens is 510 g/mol. The number of aliphatic hydroxyl groups is 1. The van der Waals surface area contributed by atoms with E-state index in [4.69, 9.17) is 39.4 Å². The average molecular weight is 535 g/mol. The minimum Gasteiger partial charge on any atom is -0.445 e. The van der Waals surface area contributed by atoms with Crippen LogP contribution in [-0.4, -0.2) is 34.9 Å². The van der Waals surface area contributed by atoms with Crippen molar-refractivity contribution in [2.75, 3.05) is 11.9 Å². The molecule has 190 valence electrons. The number of amides is 2. The van der Waals surface area contributed by atoms with Gasteiger partial charge in [-0.05, 0) is 36.4 Å². The molecule has 3 aromatic rings. The first-order valence-corrected chi connectivity index (χ1v) is 11.4. The molecule has 0 saturated carbocycles. The highest BCUT2D eigenvalue weighted by molar-refractivity contribution is 6.34. The van der Waals surface area contributed by atoms with Gasteiger partial charge in [-0.25, -0.2) is 9.37 Å². The largest absolute Gasteiger partial charge is 0.445 e. The van der Waals surface area contributed by atoms with Crippen LogP contribution in [0.5, 0.6) is 5.75 Å². The van der Waals surface area contributed by atoms with Gasteiger partial charge in [-0.1, -0.05) is 50.0 Å². The highest BCUT2D eigenvalue weighted by atomic mass is 35.5. The van der Waals surface area contributed by atoms with Gasteiger partial charge in [0.2, 0.25) is 5.91 Å². The Labute approximate surface area is 217 Å². The van der Waals surface area contributed by atoms with Crippen molar-refractivity contribution < 1.29 is 23.8 Å². The summed E-state index contributed by atoms with van der Waals surface area (Å²) in [4.78, 5) is 30.2. The van der Waals surface area contributed by atoms with Crippen molar-refractivity contribution in [2.24, 2.45) is 16.9 Å². The van der Waals surface area contributed by atoms with E-state index in [1.165, 1.54) is 49.6 Å². The molecule has 0 aliphatic rings. The summed E-state index contributed by atoms with van der Waals surface area (Å²) < 4.78 is 20.2. The first kappa shape index (κ1) is 27.3. The number of pyridine rings is 1. The number of hydrogen-bond acceptors (Lipinski definition) is 6. The summed E-state index contributed by atoms with van der Waals surface area (Å²) in [7, 11) is 1.34. The number of rotatable bonds is 6. The van der Waals surface area contributed by atoms with Gasteiger partial charge in [0, 0.05) is 40.4 Å². The van der Waals surface area contributed by atoms with Crippen LogP contribution in [0.25, 0.3) is 11.1 Å². The van der Waals surface area contributed by atoms with Crippen molar-refractivity contribution in [3.63, 3.8) is 0 Å². The fraction of sp³-hybridized carbons (Fsp3) is 0.240. The van der Waals surface area contributed by atoms with E-state index in [1.807, 2.05) is 0 Å². The van der Waals surface area contributed by atoms with E-state index in [0.29, 0.717) is 11.1 Å². The van der Waals surface area contributed by atoms with Gasteiger partial charge in [0.25, 0.3) is 11.8 Å². The minimum absolute atomic E-state index is 0.0848. The van der Waals surface area contributed by atoms with Crippen LogP contribution in [0.15, 0.2) is 48.7 Å². The average Bonchev–Trinajstić information content (AvgIpc) is 2.77. The molecule has 2 aromatic carbocycles. The summed E-state index contributed by atoms with van der Waals surface area (Å²) in [6.07, 6.45) is 1.37. The maximum Gasteiger partial charge on any atom is 0.270 e. The summed E-state index contributed by atoms with van der Waals surface area (Å²) in [6, 6.07) is 9.73. The van der Waals surface area contributed by atoms with E-state index in [-0.39, 0.29) is 32.7 Å². The van der Waals surface area contributed by atoms with Crippen molar-refractivity contribution >= 4 is 40.8 Å². The van der Waals surface area contributed by atoms with Crippen molar-refractivity contribution in [2.45, 2.75) is 26.7 Å². The first-order chi connectivity index (χ1) is 16.6. The predicted molar refractivity (Wildman–Crippen MR) is 137 cm³/mol. The molecule has 3 rings (SSSR count). The van der Waals surface area contributed by atoms with Crippen LogP contribution < -0.4 is 21.1 Å². The maximum atomic E-state index is 14.4. The lowest BCUT2D eigenvalue weighted by Crippen LogP contribution is -2.56. The highest BCUT2D eigenvalue weighted by Gasteiger charge is 2.40. The molecule has 0 bridgehead atoms.